The molecule has 1 aliphatic rings. The lowest BCUT2D eigenvalue weighted by Gasteiger charge is -2.38. The van der Waals surface area contributed by atoms with E-state index < -0.39 is 0 Å². The Kier molecular flexibility index (Phi) is 4.95. The molecule has 2 amide bonds. The third-order valence-electron chi connectivity index (χ3n) is 3.88. The fourth-order valence-corrected chi connectivity index (χ4v) is 3.10. The fraction of sp³-hybridized carbons (Fsp3) is 0.600. The molecular weight excluding hydrogens is 254 g/mol. The first kappa shape index (κ1) is 14.8. The van der Waals surface area contributed by atoms with Gasteiger partial charge < -0.3 is 15.0 Å². The third-order valence-corrected chi connectivity index (χ3v) is 3.88. The topological polar surface area (TPSA) is 54.5 Å². The first-order valence-electron chi connectivity index (χ1n) is 7.19. The summed E-state index contributed by atoms with van der Waals surface area (Å²) in [5, 5.41) is 2.92. The number of pyridine rings is 1. The molecule has 5 nitrogen and oxygen atoms in total. The highest BCUT2D eigenvalue weighted by Crippen LogP contribution is 2.34. The maximum atomic E-state index is 12.5. The summed E-state index contributed by atoms with van der Waals surface area (Å²) in [6.07, 6.45) is 7.41. The predicted octanol–water partition coefficient (Wildman–Crippen LogP) is 2.89. The van der Waals surface area contributed by atoms with Crippen LogP contribution in [-0.4, -0.2) is 41.7 Å². The molecule has 1 N–H and O–H groups in total. The van der Waals surface area contributed by atoms with E-state index in [2.05, 4.69) is 17.2 Å². The van der Waals surface area contributed by atoms with Crippen LogP contribution in [0.4, 0.5) is 10.5 Å². The quantitative estimate of drug-likeness (QED) is 0.900. The fourth-order valence-electron chi connectivity index (χ4n) is 3.10. The number of carbonyl (C=O) groups is 1. The van der Waals surface area contributed by atoms with E-state index in [1.165, 1.54) is 0 Å². The number of hydrogen-bond acceptors (Lipinski definition) is 3. The molecule has 1 atom stereocenters. The number of amides is 2. The molecule has 0 radical (unpaired) electrons. The van der Waals surface area contributed by atoms with Crippen molar-refractivity contribution < 1.29 is 9.53 Å². The second kappa shape index (κ2) is 6.70. The Morgan fingerprint density at radius 2 is 2.45 bits per heavy atom. The van der Waals surface area contributed by atoms with Crippen molar-refractivity contribution in [3.8, 4) is 0 Å². The number of urea groups is 1. The molecule has 2 rings (SSSR count). The van der Waals surface area contributed by atoms with Crippen molar-refractivity contribution in [2.75, 3.05) is 25.6 Å². The molecule has 5 heteroatoms. The molecule has 0 bridgehead atoms. The molecule has 1 fully saturated rings. The summed E-state index contributed by atoms with van der Waals surface area (Å²) in [4.78, 5) is 18.5. The Balaban J connectivity index is 2.10. The van der Waals surface area contributed by atoms with Crippen LogP contribution in [0.15, 0.2) is 24.5 Å². The highest BCUT2D eigenvalue weighted by atomic mass is 16.5. The molecule has 1 aliphatic heterocycles. The number of nitrogens with one attached hydrogen (secondary N) is 1. The number of ether oxygens (including phenoxy) is 1. The van der Waals surface area contributed by atoms with Crippen LogP contribution in [0, 0.1) is 0 Å². The van der Waals surface area contributed by atoms with Crippen LogP contribution in [0.2, 0.25) is 0 Å². The van der Waals surface area contributed by atoms with Gasteiger partial charge in [-0.15, -0.1) is 0 Å². The average Bonchev–Trinajstić information content (AvgIpc) is 2.84. The molecule has 0 aromatic carbocycles. The summed E-state index contributed by atoms with van der Waals surface area (Å²) in [6.45, 7) is 3.53. The van der Waals surface area contributed by atoms with Gasteiger partial charge >= 0.3 is 6.03 Å². The van der Waals surface area contributed by atoms with Gasteiger partial charge in [-0.25, -0.2) is 4.79 Å². The first-order chi connectivity index (χ1) is 9.72. The smallest absolute Gasteiger partial charge is 0.322 e. The van der Waals surface area contributed by atoms with Crippen LogP contribution < -0.4 is 5.32 Å². The van der Waals surface area contributed by atoms with Crippen molar-refractivity contribution in [1.29, 1.82) is 0 Å². The van der Waals surface area contributed by atoms with Gasteiger partial charge in [-0.05, 0) is 31.4 Å². The van der Waals surface area contributed by atoms with Crippen LogP contribution in [0.1, 0.15) is 32.6 Å². The van der Waals surface area contributed by atoms with Crippen LogP contribution in [0.3, 0.4) is 0 Å². The molecule has 20 heavy (non-hydrogen) atoms. The number of likely N-dealkylation sites (tertiary alicyclic amines) is 1. The van der Waals surface area contributed by atoms with E-state index in [0.717, 1.165) is 37.9 Å². The summed E-state index contributed by atoms with van der Waals surface area (Å²) in [5.74, 6) is 0. The zero-order chi connectivity index (χ0) is 14.4. The number of aromatic nitrogens is 1. The standard InChI is InChI=1S/C15H23N3O2/c1-3-7-15(12-20-2)8-5-10-18(15)14(19)17-13-6-4-9-16-11-13/h4,6,9,11H,3,5,7-8,10,12H2,1-2H3,(H,17,19)/t15-/m1/s1. The first-order valence-corrected chi connectivity index (χ1v) is 7.19. The zero-order valence-corrected chi connectivity index (χ0v) is 12.3. The van der Waals surface area contributed by atoms with E-state index in [1.807, 2.05) is 17.0 Å². The molecule has 0 aliphatic carbocycles. The van der Waals surface area contributed by atoms with Gasteiger partial charge in [0.15, 0.2) is 0 Å². The molecule has 1 aromatic rings. The van der Waals surface area contributed by atoms with Gasteiger partial charge in [-0.1, -0.05) is 13.3 Å². The number of carbonyl (C=O) groups excluding carboxylic acids is 1. The average molecular weight is 277 g/mol. The highest BCUT2D eigenvalue weighted by Gasteiger charge is 2.42. The molecule has 1 aromatic heterocycles. The SMILES string of the molecule is CCC[C@]1(COC)CCCN1C(=O)Nc1cccnc1. The summed E-state index contributed by atoms with van der Waals surface area (Å²) in [5.41, 5.74) is 0.572. The Hall–Kier alpha value is -1.62. The molecule has 0 spiro atoms. The minimum atomic E-state index is -0.157. The number of nitrogens with zero attached hydrogens (tertiary/aromatic N) is 2. The van der Waals surface area contributed by atoms with Crippen molar-refractivity contribution in [2.45, 2.75) is 38.1 Å². The van der Waals surface area contributed by atoms with E-state index in [9.17, 15) is 4.79 Å². The number of methoxy groups -OCH3 is 1. The molecule has 1 saturated heterocycles. The second-order valence-corrected chi connectivity index (χ2v) is 5.33. The van der Waals surface area contributed by atoms with Gasteiger partial charge in [0.1, 0.15) is 0 Å². The Morgan fingerprint density at radius 1 is 1.60 bits per heavy atom. The van der Waals surface area contributed by atoms with Crippen molar-refractivity contribution in [2.24, 2.45) is 0 Å². The third kappa shape index (κ3) is 3.10. The van der Waals surface area contributed by atoms with Gasteiger partial charge in [0.25, 0.3) is 0 Å². The van der Waals surface area contributed by atoms with Crippen LogP contribution in [0.5, 0.6) is 0 Å². The predicted molar refractivity (Wildman–Crippen MR) is 78.7 cm³/mol. The lowest BCUT2D eigenvalue weighted by molar-refractivity contribution is 0.0540. The van der Waals surface area contributed by atoms with E-state index in [1.54, 1.807) is 19.5 Å². The second-order valence-electron chi connectivity index (χ2n) is 5.33. The summed E-state index contributed by atoms with van der Waals surface area (Å²) >= 11 is 0. The normalized spacial score (nSPS) is 22.0. The lowest BCUT2D eigenvalue weighted by atomic mass is 9.91. The van der Waals surface area contributed by atoms with Gasteiger partial charge in [0.05, 0.1) is 24.0 Å². The van der Waals surface area contributed by atoms with Crippen molar-refractivity contribution in [3.05, 3.63) is 24.5 Å². The van der Waals surface area contributed by atoms with Crippen LogP contribution in [0.25, 0.3) is 0 Å². The Morgan fingerprint density at radius 3 is 3.10 bits per heavy atom. The maximum Gasteiger partial charge on any atom is 0.322 e. The van der Waals surface area contributed by atoms with Gasteiger partial charge in [-0.3, -0.25) is 4.98 Å². The summed E-state index contributed by atoms with van der Waals surface area (Å²) < 4.78 is 5.38. The largest absolute Gasteiger partial charge is 0.382 e. The number of rotatable bonds is 5. The zero-order valence-electron chi connectivity index (χ0n) is 12.3. The molecule has 0 unspecified atom stereocenters. The summed E-state index contributed by atoms with van der Waals surface area (Å²) in [7, 11) is 1.70. The van der Waals surface area contributed by atoms with Gasteiger partial charge in [0, 0.05) is 19.9 Å². The molecule has 110 valence electrons. The number of hydrogen-bond donors (Lipinski definition) is 1. The van der Waals surface area contributed by atoms with Crippen LogP contribution >= 0.6 is 0 Å². The number of anilines is 1. The van der Waals surface area contributed by atoms with Crippen LogP contribution in [-0.2, 0) is 4.74 Å². The minimum Gasteiger partial charge on any atom is -0.382 e. The van der Waals surface area contributed by atoms with Crippen molar-refractivity contribution >= 4 is 11.7 Å². The maximum absolute atomic E-state index is 12.5. The van der Waals surface area contributed by atoms with Gasteiger partial charge in [-0.2, -0.15) is 0 Å². The molecular formula is C15H23N3O2. The van der Waals surface area contributed by atoms with Gasteiger partial charge in [0.2, 0.25) is 0 Å². The molecule has 0 saturated carbocycles. The van der Waals surface area contributed by atoms with E-state index >= 15 is 0 Å². The van der Waals surface area contributed by atoms with E-state index in [0.29, 0.717) is 6.61 Å². The van der Waals surface area contributed by atoms with Crippen molar-refractivity contribution in [1.82, 2.24) is 9.88 Å². The minimum absolute atomic E-state index is 0.0546. The Bertz CT molecular complexity index is 430. The highest BCUT2D eigenvalue weighted by molar-refractivity contribution is 5.89. The van der Waals surface area contributed by atoms with E-state index in [-0.39, 0.29) is 11.6 Å². The lowest BCUT2D eigenvalue weighted by Crippen LogP contribution is -2.51. The summed E-state index contributed by atoms with van der Waals surface area (Å²) in [6, 6.07) is 3.60. The Labute approximate surface area is 120 Å². The monoisotopic (exact) mass is 277 g/mol. The molecule has 2 heterocycles. The van der Waals surface area contributed by atoms with E-state index in [4.69, 9.17) is 4.74 Å². The van der Waals surface area contributed by atoms with Crippen molar-refractivity contribution in [3.63, 3.8) is 0 Å².